The molecule has 0 spiro atoms. The highest BCUT2D eigenvalue weighted by molar-refractivity contribution is 5.16. The SMILES string of the molecule is COC1=CCC2C=CC1CC2. The van der Waals surface area contributed by atoms with E-state index in [0.717, 1.165) is 5.92 Å². The molecule has 0 saturated carbocycles. The highest BCUT2D eigenvalue weighted by Crippen LogP contribution is 2.34. The minimum atomic E-state index is 0.582. The first-order chi connectivity index (χ1) is 5.40. The van der Waals surface area contributed by atoms with Crippen molar-refractivity contribution in [3.63, 3.8) is 0 Å². The molecule has 0 heterocycles. The molecule has 0 amide bonds. The topological polar surface area (TPSA) is 9.23 Å². The molecule has 2 atom stereocenters. The van der Waals surface area contributed by atoms with Crippen molar-refractivity contribution < 1.29 is 4.74 Å². The fraction of sp³-hybridized carbons (Fsp3) is 0.600. The standard InChI is InChI=1S/C10H14O/c1-11-10-7-4-8-2-5-9(10)6-3-8/h2,5,7-9H,3-4,6H2,1H3. The summed E-state index contributed by atoms with van der Waals surface area (Å²) in [6.07, 6.45) is 10.7. The third-order valence-electron chi connectivity index (χ3n) is 2.69. The summed E-state index contributed by atoms with van der Waals surface area (Å²) in [5.41, 5.74) is 0. The van der Waals surface area contributed by atoms with Crippen LogP contribution in [0.1, 0.15) is 19.3 Å². The molecule has 3 rings (SSSR count). The second kappa shape index (κ2) is 2.72. The van der Waals surface area contributed by atoms with Crippen molar-refractivity contribution in [1.82, 2.24) is 0 Å². The Kier molecular flexibility index (Phi) is 1.72. The number of fused-ring (bicyclic) bond motifs is 2. The van der Waals surface area contributed by atoms with Gasteiger partial charge in [0.2, 0.25) is 0 Å². The van der Waals surface area contributed by atoms with Crippen LogP contribution in [0, 0.1) is 11.8 Å². The number of hydrogen-bond acceptors (Lipinski definition) is 1. The molecule has 3 aliphatic rings. The van der Waals surface area contributed by atoms with Crippen molar-refractivity contribution in [3.8, 4) is 0 Å². The van der Waals surface area contributed by atoms with Gasteiger partial charge in [-0.05, 0) is 31.3 Å². The van der Waals surface area contributed by atoms with Crippen LogP contribution in [0.3, 0.4) is 0 Å². The van der Waals surface area contributed by atoms with Gasteiger partial charge in [0.25, 0.3) is 0 Å². The van der Waals surface area contributed by atoms with Gasteiger partial charge in [0.15, 0.2) is 0 Å². The van der Waals surface area contributed by atoms with E-state index in [0.29, 0.717) is 5.92 Å². The Balaban J connectivity index is 2.23. The molecule has 0 N–H and O–H groups in total. The Bertz CT molecular complexity index is 203. The zero-order valence-corrected chi connectivity index (χ0v) is 6.92. The van der Waals surface area contributed by atoms with E-state index in [2.05, 4.69) is 18.2 Å². The van der Waals surface area contributed by atoms with Gasteiger partial charge < -0.3 is 4.74 Å². The second-order valence-electron chi connectivity index (χ2n) is 3.38. The minimum absolute atomic E-state index is 0.582. The van der Waals surface area contributed by atoms with E-state index in [1.54, 1.807) is 7.11 Å². The normalized spacial score (nSPS) is 34.8. The Morgan fingerprint density at radius 2 is 2.27 bits per heavy atom. The molecular weight excluding hydrogens is 136 g/mol. The maximum atomic E-state index is 5.31. The van der Waals surface area contributed by atoms with Crippen molar-refractivity contribution in [2.75, 3.05) is 7.11 Å². The zero-order chi connectivity index (χ0) is 7.68. The van der Waals surface area contributed by atoms with Gasteiger partial charge in [-0.25, -0.2) is 0 Å². The van der Waals surface area contributed by atoms with Gasteiger partial charge in [-0.3, -0.25) is 0 Å². The molecule has 3 aliphatic carbocycles. The van der Waals surface area contributed by atoms with Crippen molar-refractivity contribution in [1.29, 1.82) is 0 Å². The highest BCUT2D eigenvalue weighted by atomic mass is 16.5. The molecule has 2 unspecified atom stereocenters. The molecule has 0 aromatic heterocycles. The van der Waals surface area contributed by atoms with Gasteiger partial charge in [0.1, 0.15) is 0 Å². The number of rotatable bonds is 1. The maximum absolute atomic E-state index is 5.31. The third-order valence-corrected chi connectivity index (χ3v) is 2.69. The molecule has 1 nitrogen and oxygen atoms in total. The zero-order valence-electron chi connectivity index (χ0n) is 6.92. The summed E-state index contributed by atoms with van der Waals surface area (Å²) in [5.74, 6) is 2.55. The molecular formula is C10H14O. The molecule has 0 aromatic rings. The molecule has 0 saturated heterocycles. The summed E-state index contributed by atoms with van der Waals surface area (Å²) in [6, 6.07) is 0. The third kappa shape index (κ3) is 1.20. The molecule has 1 heteroatoms. The van der Waals surface area contributed by atoms with Crippen molar-refractivity contribution >= 4 is 0 Å². The molecule has 2 bridgehead atoms. The molecule has 0 radical (unpaired) electrons. The largest absolute Gasteiger partial charge is 0.501 e. The van der Waals surface area contributed by atoms with Crippen LogP contribution in [0.25, 0.3) is 0 Å². The van der Waals surface area contributed by atoms with Gasteiger partial charge in [0.05, 0.1) is 12.9 Å². The van der Waals surface area contributed by atoms with E-state index >= 15 is 0 Å². The van der Waals surface area contributed by atoms with Crippen LogP contribution in [0.2, 0.25) is 0 Å². The van der Waals surface area contributed by atoms with Gasteiger partial charge in [-0.2, -0.15) is 0 Å². The lowest BCUT2D eigenvalue weighted by Gasteiger charge is -2.18. The number of ether oxygens (including phenoxy) is 1. The van der Waals surface area contributed by atoms with E-state index in [1.165, 1.54) is 25.0 Å². The van der Waals surface area contributed by atoms with Crippen LogP contribution < -0.4 is 0 Å². The molecule has 0 aromatic carbocycles. The van der Waals surface area contributed by atoms with Gasteiger partial charge >= 0.3 is 0 Å². The summed E-state index contributed by atoms with van der Waals surface area (Å²) in [7, 11) is 1.78. The van der Waals surface area contributed by atoms with Crippen LogP contribution in [0.4, 0.5) is 0 Å². The lowest BCUT2D eigenvalue weighted by molar-refractivity contribution is 0.251. The fourth-order valence-electron chi connectivity index (χ4n) is 1.96. The highest BCUT2D eigenvalue weighted by Gasteiger charge is 2.22. The minimum Gasteiger partial charge on any atom is -0.501 e. The van der Waals surface area contributed by atoms with Crippen molar-refractivity contribution in [2.45, 2.75) is 19.3 Å². The lowest BCUT2D eigenvalue weighted by Crippen LogP contribution is -2.06. The molecule has 0 aliphatic heterocycles. The first kappa shape index (κ1) is 6.96. The van der Waals surface area contributed by atoms with Gasteiger partial charge in [-0.1, -0.05) is 12.2 Å². The predicted octanol–water partition coefficient (Wildman–Crippen LogP) is 2.50. The van der Waals surface area contributed by atoms with Crippen LogP contribution in [0.5, 0.6) is 0 Å². The number of allylic oxidation sites excluding steroid dienone is 3. The Hall–Kier alpha value is -0.720. The van der Waals surface area contributed by atoms with E-state index < -0.39 is 0 Å². The van der Waals surface area contributed by atoms with E-state index in [1.807, 2.05) is 0 Å². The molecule has 11 heavy (non-hydrogen) atoms. The van der Waals surface area contributed by atoms with Crippen molar-refractivity contribution in [3.05, 3.63) is 24.0 Å². The summed E-state index contributed by atoms with van der Waals surface area (Å²) in [4.78, 5) is 0. The smallest absolute Gasteiger partial charge is 0.0984 e. The average molecular weight is 150 g/mol. The Morgan fingerprint density at radius 3 is 2.91 bits per heavy atom. The predicted molar refractivity (Wildman–Crippen MR) is 45.1 cm³/mol. The maximum Gasteiger partial charge on any atom is 0.0984 e. The number of hydrogen-bond donors (Lipinski definition) is 0. The summed E-state index contributed by atoms with van der Waals surface area (Å²) < 4.78 is 5.31. The van der Waals surface area contributed by atoms with Crippen LogP contribution in [-0.4, -0.2) is 7.11 Å². The van der Waals surface area contributed by atoms with Crippen molar-refractivity contribution in [2.24, 2.45) is 11.8 Å². The summed E-state index contributed by atoms with van der Waals surface area (Å²) in [5, 5.41) is 0. The summed E-state index contributed by atoms with van der Waals surface area (Å²) in [6.45, 7) is 0. The quantitative estimate of drug-likeness (QED) is 0.522. The molecule has 60 valence electrons. The summed E-state index contributed by atoms with van der Waals surface area (Å²) >= 11 is 0. The Labute approximate surface area is 67.7 Å². The lowest BCUT2D eigenvalue weighted by atomic mass is 9.90. The van der Waals surface area contributed by atoms with E-state index in [4.69, 9.17) is 4.74 Å². The monoisotopic (exact) mass is 150 g/mol. The fourth-order valence-corrected chi connectivity index (χ4v) is 1.96. The van der Waals surface area contributed by atoms with E-state index in [9.17, 15) is 0 Å². The van der Waals surface area contributed by atoms with Crippen LogP contribution >= 0.6 is 0 Å². The van der Waals surface area contributed by atoms with E-state index in [-0.39, 0.29) is 0 Å². The second-order valence-corrected chi connectivity index (χ2v) is 3.38. The van der Waals surface area contributed by atoms with Gasteiger partial charge in [-0.15, -0.1) is 0 Å². The first-order valence-corrected chi connectivity index (χ1v) is 4.32. The first-order valence-electron chi connectivity index (χ1n) is 4.32. The van der Waals surface area contributed by atoms with Crippen LogP contribution in [0.15, 0.2) is 24.0 Å². The van der Waals surface area contributed by atoms with Gasteiger partial charge in [0, 0.05) is 5.92 Å². The average Bonchev–Trinajstić information content (AvgIpc) is 2.36. The number of methoxy groups -OCH3 is 1. The van der Waals surface area contributed by atoms with Crippen LogP contribution in [-0.2, 0) is 4.74 Å². The molecule has 0 fully saturated rings. The Morgan fingerprint density at radius 1 is 1.36 bits per heavy atom.